The molecule has 3 rings (SSSR count). The molecule has 1 amide bonds. The molecule has 0 radical (unpaired) electrons. The maximum Gasteiger partial charge on any atom is 0.227 e. The maximum absolute atomic E-state index is 13.3. The first-order chi connectivity index (χ1) is 12.5. The van der Waals surface area contributed by atoms with Crippen LogP contribution in [0.4, 0.5) is 0 Å². The molecule has 3 aliphatic rings. The number of piperidine rings is 1. The number of sulfonamides is 1. The SMILES string of the molecule is CCCS(=O)(=O)N1CCCC(C(=O)N(CC2CCCO2)C2CCSC2)C1. The highest BCUT2D eigenvalue weighted by Crippen LogP contribution is 2.28. The Bertz CT molecular complexity index is 572. The second kappa shape index (κ2) is 9.26. The van der Waals surface area contributed by atoms with E-state index in [0.717, 1.165) is 50.2 Å². The molecule has 3 fully saturated rings. The number of amides is 1. The molecular weight excluding hydrogens is 372 g/mol. The summed E-state index contributed by atoms with van der Waals surface area (Å²) in [4.78, 5) is 15.4. The second-order valence-electron chi connectivity index (χ2n) is 7.66. The minimum Gasteiger partial charge on any atom is -0.376 e. The molecule has 3 unspecified atom stereocenters. The number of carbonyl (C=O) groups excluding carboxylic acids is 1. The van der Waals surface area contributed by atoms with Crippen molar-refractivity contribution in [1.29, 1.82) is 0 Å². The number of hydrogen-bond acceptors (Lipinski definition) is 5. The molecule has 3 aliphatic heterocycles. The van der Waals surface area contributed by atoms with Gasteiger partial charge in [0.1, 0.15) is 0 Å². The lowest BCUT2D eigenvalue weighted by Crippen LogP contribution is -2.51. The quantitative estimate of drug-likeness (QED) is 0.649. The smallest absolute Gasteiger partial charge is 0.227 e. The van der Waals surface area contributed by atoms with Crippen molar-refractivity contribution in [2.45, 2.75) is 57.6 Å². The minimum atomic E-state index is -3.23. The van der Waals surface area contributed by atoms with Gasteiger partial charge in [-0.3, -0.25) is 4.79 Å². The van der Waals surface area contributed by atoms with Crippen LogP contribution in [0.3, 0.4) is 0 Å². The highest BCUT2D eigenvalue weighted by molar-refractivity contribution is 7.99. The second-order valence-corrected chi connectivity index (χ2v) is 10.9. The summed E-state index contributed by atoms with van der Waals surface area (Å²) < 4.78 is 32.2. The molecule has 6 nitrogen and oxygen atoms in total. The third-order valence-corrected chi connectivity index (χ3v) is 8.83. The average Bonchev–Trinajstić information content (AvgIpc) is 3.33. The average molecular weight is 405 g/mol. The Kier molecular flexibility index (Phi) is 7.27. The van der Waals surface area contributed by atoms with Gasteiger partial charge in [-0.15, -0.1) is 0 Å². The van der Waals surface area contributed by atoms with E-state index < -0.39 is 10.0 Å². The summed E-state index contributed by atoms with van der Waals surface area (Å²) in [6.45, 7) is 4.24. The first-order valence-electron chi connectivity index (χ1n) is 9.99. The summed E-state index contributed by atoms with van der Waals surface area (Å²) in [5, 5.41) is 0. The van der Waals surface area contributed by atoms with Gasteiger partial charge in [-0.05, 0) is 44.3 Å². The van der Waals surface area contributed by atoms with E-state index in [1.165, 1.54) is 0 Å². The largest absolute Gasteiger partial charge is 0.376 e. The summed E-state index contributed by atoms with van der Waals surface area (Å²) in [5.41, 5.74) is 0. The normalized spacial score (nSPS) is 30.6. The summed E-state index contributed by atoms with van der Waals surface area (Å²) in [7, 11) is -3.23. The van der Waals surface area contributed by atoms with E-state index in [1.54, 1.807) is 4.31 Å². The standard InChI is InChI=1S/C18H32N2O4S2/c1-2-11-26(22,23)19-8-3-5-15(12-19)18(21)20(16-7-10-25-14-16)13-17-6-4-9-24-17/h15-17H,2-14H2,1H3. The van der Waals surface area contributed by atoms with Crippen LogP contribution in [-0.4, -0.2) is 79.2 Å². The van der Waals surface area contributed by atoms with Crippen LogP contribution in [0.2, 0.25) is 0 Å². The van der Waals surface area contributed by atoms with Crippen molar-refractivity contribution in [2.75, 3.05) is 43.5 Å². The molecule has 0 aromatic heterocycles. The van der Waals surface area contributed by atoms with Gasteiger partial charge < -0.3 is 9.64 Å². The number of nitrogens with zero attached hydrogens (tertiary/aromatic N) is 2. The Morgan fingerprint density at radius 2 is 2.12 bits per heavy atom. The van der Waals surface area contributed by atoms with E-state index in [1.807, 2.05) is 23.6 Å². The topological polar surface area (TPSA) is 66.9 Å². The van der Waals surface area contributed by atoms with E-state index in [9.17, 15) is 13.2 Å². The fraction of sp³-hybridized carbons (Fsp3) is 0.944. The van der Waals surface area contributed by atoms with Crippen LogP contribution < -0.4 is 0 Å². The third-order valence-electron chi connectivity index (χ3n) is 5.64. The van der Waals surface area contributed by atoms with Gasteiger partial charge in [0.25, 0.3) is 0 Å². The van der Waals surface area contributed by atoms with Crippen LogP contribution in [0.5, 0.6) is 0 Å². The van der Waals surface area contributed by atoms with Crippen molar-refractivity contribution in [3.63, 3.8) is 0 Å². The first-order valence-corrected chi connectivity index (χ1v) is 12.8. The molecule has 150 valence electrons. The van der Waals surface area contributed by atoms with Gasteiger partial charge in [-0.25, -0.2) is 12.7 Å². The highest BCUT2D eigenvalue weighted by atomic mass is 32.2. The van der Waals surface area contributed by atoms with E-state index in [0.29, 0.717) is 26.1 Å². The predicted octanol–water partition coefficient (Wildman–Crippen LogP) is 1.95. The molecule has 3 saturated heterocycles. The van der Waals surface area contributed by atoms with Crippen molar-refractivity contribution < 1.29 is 17.9 Å². The van der Waals surface area contributed by atoms with Crippen molar-refractivity contribution in [3.8, 4) is 0 Å². The molecule has 0 spiro atoms. The Morgan fingerprint density at radius 1 is 1.27 bits per heavy atom. The van der Waals surface area contributed by atoms with Crippen LogP contribution >= 0.6 is 11.8 Å². The van der Waals surface area contributed by atoms with E-state index >= 15 is 0 Å². The van der Waals surface area contributed by atoms with Crippen LogP contribution in [0.25, 0.3) is 0 Å². The number of hydrogen-bond donors (Lipinski definition) is 0. The molecule has 0 bridgehead atoms. The van der Waals surface area contributed by atoms with Gasteiger partial charge >= 0.3 is 0 Å². The molecule has 0 aromatic rings. The molecule has 3 heterocycles. The lowest BCUT2D eigenvalue weighted by Gasteiger charge is -2.37. The molecule has 26 heavy (non-hydrogen) atoms. The Hall–Kier alpha value is -0.310. The molecule has 8 heteroatoms. The van der Waals surface area contributed by atoms with Crippen molar-refractivity contribution >= 4 is 27.7 Å². The summed E-state index contributed by atoms with van der Waals surface area (Å²) in [6, 6.07) is 0.277. The Morgan fingerprint density at radius 3 is 2.77 bits per heavy atom. The van der Waals surface area contributed by atoms with Gasteiger partial charge in [-0.2, -0.15) is 11.8 Å². The van der Waals surface area contributed by atoms with Crippen LogP contribution in [0.15, 0.2) is 0 Å². The van der Waals surface area contributed by atoms with Gasteiger partial charge in [-0.1, -0.05) is 6.92 Å². The number of thioether (sulfide) groups is 1. The Balaban J connectivity index is 1.68. The number of ether oxygens (including phenoxy) is 1. The minimum absolute atomic E-state index is 0.143. The number of rotatable bonds is 7. The lowest BCUT2D eigenvalue weighted by atomic mass is 9.96. The number of carbonyl (C=O) groups is 1. The maximum atomic E-state index is 13.3. The van der Waals surface area contributed by atoms with Crippen LogP contribution in [-0.2, 0) is 19.6 Å². The molecular formula is C18H32N2O4S2. The fourth-order valence-corrected chi connectivity index (χ4v) is 7.03. The van der Waals surface area contributed by atoms with E-state index in [-0.39, 0.29) is 29.7 Å². The zero-order valence-corrected chi connectivity index (χ0v) is 17.4. The summed E-state index contributed by atoms with van der Waals surface area (Å²) in [5.74, 6) is 2.20. The van der Waals surface area contributed by atoms with Gasteiger partial charge in [0.05, 0.1) is 17.8 Å². The molecule has 0 saturated carbocycles. The summed E-state index contributed by atoms with van der Waals surface area (Å²) in [6.07, 6.45) is 5.44. The molecule has 0 N–H and O–H groups in total. The molecule has 0 aromatic carbocycles. The fourth-order valence-electron chi connectivity index (χ4n) is 4.21. The van der Waals surface area contributed by atoms with E-state index in [4.69, 9.17) is 4.74 Å². The van der Waals surface area contributed by atoms with Gasteiger partial charge in [0.2, 0.25) is 15.9 Å². The first kappa shape index (κ1) is 20.4. The zero-order chi connectivity index (χ0) is 18.6. The van der Waals surface area contributed by atoms with Crippen molar-refractivity contribution in [2.24, 2.45) is 5.92 Å². The van der Waals surface area contributed by atoms with Gasteiger partial charge in [0, 0.05) is 38.0 Å². The molecule has 3 atom stereocenters. The van der Waals surface area contributed by atoms with Crippen LogP contribution in [0, 0.1) is 5.92 Å². The Labute approximate surface area is 162 Å². The third kappa shape index (κ3) is 4.94. The predicted molar refractivity (Wildman–Crippen MR) is 105 cm³/mol. The molecule has 0 aliphatic carbocycles. The zero-order valence-electron chi connectivity index (χ0n) is 15.8. The van der Waals surface area contributed by atoms with Gasteiger partial charge in [0.15, 0.2) is 0 Å². The van der Waals surface area contributed by atoms with Crippen molar-refractivity contribution in [3.05, 3.63) is 0 Å². The summed E-state index contributed by atoms with van der Waals surface area (Å²) >= 11 is 1.90. The lowest BCUT2D eigenvalue weighted by molar-refractivity contribution is -0.140. The van der Waals surface area contributed by atoms with E-state index in [2.05, 4.69) is 0 Å². The van der Waals surface area contributed by atoms with Crippen LogP contribution in [0.1, 0.15) is 45.4 Å². The highest BCUT2D eigenvalue weighted by Gasteiger charge is 2.38. The van der Waals surface area contributed by atoms with Crippen molar-refractivity contribution in [1.82, 2.24) is 9.21 Å². The monoisotopic (exact) mass is 404 g/mol.